The highest BCUT2D eigenvalue weighted by Gasteiger charge is 2.35. The second-order valence-corrected chi connectivity index (χ2v) is 8.92. The molecule has 1 atom stereocenters. The summed E-state index contributed by atoms with van der Waals surface area (Å²) in [5.74, 6) is 0.0294. The van der Waals surface area contributed by atoms with E-state index in [4.69, 9.17) is 0 Å². The first-order chi connectivity index (χ1) is 14.2. The van der Waals surface area contributed by atoms with Gasteiger partial charge >= 0.3 is 0 Å². The Morgan fingerprint density at radius 1 is 1.30 bits per heavy atom. The van der Waals surface area contributed by atoms with E-state index >= 15 is 0 Å². The number of benzene rings is 2. The summed E-state index contributed by atoms with van der Waals surface area (Å²) in [7, 11) is 0. The third kappa shape index (κ3) is 4.26. The number of carbonyl (C=O) groups excluding carboxylic acids is 1. The van der Waals surface area contributed by atoms with Gasteiger partial charge in [-0.3, -0.25) is 4.79 Å². The summed E-state index contributed by atoms with van der Waals surface area (Å²) in [6.45, 7) is 14.0. The zero-order valence-corrected chi connectivity index (χ0v) is 18.8. The molecule has 0 fully saturated rings. The topological polar surface area (TPSA) is 56.1 Å². The molecular formula is C26H31N3O. The highest BCUT2D eigenvalue weighted by molar-refractivity contribution is 6.09. The monoisotopic (exact) mass is 401 g/mol. The van der Waals surface area contributed by atoms with Crippen LogP contribution in [0.3, 0.4) is 0 Å². The first-order valence-corrected chi connectivity index (χ1v) is 10.6. The van der Waals surface area contributed by atoms with Gasteiger partial charge in [-0.25, -0.2) is 0 Å². The molecule has 2 aromatic carbocycles. The van der Waals surface area contributed by atoms with Gasteiger partial charge < -0.3 is 10.2 Å². The molecule has 0 radical (unpaired) electrons. The van der Waals surface area contributed by atoms with Crippen LogP contribution >= 0.6 is 0 Å². The smallest absolute Gasteiger partial charge is 0.266 e. The van der Waals surface area contributed by atoms with Gasteiger partial charge in [0.15, 0.2) is 0 Å². The standard InChI is InChI=1S/C26H31N3O/c1-7-29-24-12-18(3)20(14-23(24)19(4)15-26(29,5)6)13-21(16-27)25(30)28-22-10-8-9-17(2)11-22/h8-14,19H,7,15H2,1-6H3,(H,28,30)/b21-13-/t19-/m0/s1. The Morgan fingerprint density at radius 2 is 2.03 bits per heavy atom. The van der Waals surface area contributed by atoms with Crippen LogP contribution < -0.4 is 10.2 Å². The number of nitrogens with zero attached hydrogens (tertiary/aromatic N) is 2. The lowest BCUT2D eigenvalue weighted by Crippen LogP contribution is -2.48. The first kappa shape index (κ1) is 21.6. The fourth-order valence-corrected chi connectivity index (χ4v) is 4.63. The molecule has 0 unspecified atom stereocenters. The van der Waals surface area contributed by atoms with Gasteiger partial charge in [0, 0.05) is 23.5 Å². The second-order valence-electron chi connectivity index (χ2n) is 8.92. The summed E-state index contributed by atoms with van der Waals surface area (Å²) in [6.07, 6.45) is 2.78. The van der Waals surface area contributed by atoms with Crippen LogP contribution in [0, 0.1) is 25.2 Å². The third-order valence-corrected chi connectivity index (χ3v) is 6.03. The minimum absolute atomic E-state index is 0.107. The SMILES string of the molecule is CCN1c2cc(C)c(/C=C(/C#N)C(=O)Nc3cccc(C)c3)cc2[C@@H](C)CC1(C)C. The zero-order chi connectivity index (χ0) is 22.1. The van der Waals surface area contributed by atoms with Gasteiger partial charge in [-0.1, -0.05) is 19.1 Å². The molecule has 0 aliphatic carbocycles. The number of fused-ring (bicyclic) bond motifs is 1. The molecule has 0 saturated heterocycles. The van der Waals surface area contributed by atoms with Gasteiger partial charge in [0.05, 0.1) is 0 Å². The summed E-state index contributed by atoms with van der Waals surface area (Å²) in [6, 6.07) is 14.0. The largest absolute Gasteiger partial charge is 0.366 e. The lowest BCUT2D eigenvalue weighted by molar-refractivity contribution is -0.112. The predicted octanol–water partition coefficient (Wildman–Crippen LogP) is 5.96. The van der Waals surface area contributed by atoms with Crippen LogP contribution in [0.4, 0.5) is 11.4 Å². The average Bonchev–Trinajstić information content (AvgIpc) is 2.66. The summed E-state index contributed by atoms with van der Waals surface area (Å²) in [5, 5.41) is 12.5. The molecular weight excluding hydrogens is 370 g/mol. The van der Waals surface area contributed by atoms with Crippen molar-refractivity contribution in [2.45, 2.75) is 59.4 Å². The van der Waals surface area contributed by atoms with Crippen LogP contribution in [0.25, 0.3) is 6.08 Å². The van der Waals surface area contributed by atoms with Crippen LogP contribution in [0.5, 0.6) is 0 Å². The molecule has 3 rings (SSSR count). The van der Waals surface area contributed by atoms with Crippen LogP contribution in [0.2, 0.25) is 0 Å². The fourth-order valence-electron chi connectivity index (χ4n) is 4.63. The van der Waals surface area contributed by atoms with E-state index in [1.165, 1.54) is 11.3 Å². The van der Waals surface area contributed by atoms with E-state index in [0.717, 1.165) is 29.7 Å². The number of hydrogen-bond acceptors (Lipinski definition) is 3. The Morgan fingerprint density at radius 3 is 2.67 bits per heavy atom. The van der Waals surface area contributed by atoms with Crippen molar-refractivity contribution in [3.05, 3.63) is 64.2 Å². The van der Waals surface area contributed by atoms with Crippen molar-refractivity contribution in [2.24, 2.45) is 0 Å². The lowest BCUT2D eigenvalue weighted by atomic mass is 9.79. The van der Waals surface area contributed by atoms with E-state index < -0.39 is 0 Å². The van der Waals surface area contributed by atoms with E-state index in [1.54, 1.807) is 6.08 Å². The van der Waals surface area contributed by atoms with Crippen molar-refractivity contribution in [3.63, 3.8) is 0 Å². The number of aryl methyl sites for hydroxylation is 2. The molecule has 0 bridgehead atoms. The van der Waals surface area contributed by atoms with Crippen molar-refractivity contribution in [3.8, 4) is 6.07 Å². The van der Waals surface area contributed by atoms with Crippen molar-refractivity contribution >= 4 is 23.4 Å². The molecule has 1 aliphatic rings. The molecule has 0 saturated carbocycles. The van der Waals surface area contributed by atoms with Crippen LogP contribution in [0.1, 0.15) is 62.3 Å². The Bertz CT molecular complexity index is 1040. The molecule has 1 aliphatic heterocycles. The molecule has 0 aromatic heterocycles. The zero-order valence-electron chi connectivity index (χ0n) is 18.8. The number of amides is 1. The molecule has 2 aromatic rings. The molecule has 156 valence electrons. The van der Waals surface area contributed by atoms with Gasteiger partial charge in [-0.05, 0) is 99.6 Å². The maximum Gasteiger partial charge on any atom is 0.266 e. The Labute approximate surface area is 180 Å². The summed E-state index contributed by atoms with van der Waals surface area (Å²) in [5.41, 5.74) is 6.49. The summed E-state index contributed by atoms with van der Waals surface area (Å²) in [4.78, 5) is 15.2. The van der Waals surface area contributed by atoms with Gasteiger partial charge in [0.25, 0.3) is 5.91 Å². The van der Waals surface area contributed by atoms with E-state index in [1.807, 2.05) is 38.1 Å². The van der Waals surface area contributed by atoms with Crippen LogP contribution in [-0.4, -0.2) is 18.0 Å². The third-order valence-electron chi connectivity index (χ3n) is 6.03. The van der Waals surface area contributed by atoms with Crippen molar-refractivity contribution in [1.29, 1.82) is 5.26 Å². The number of carbonyl (C=O) groups is 1. The molecule has 30 heavy (non-hydrogen) atoms. The van der Waals surface area contributed by atoms with Gasteiger partial charge in [0.1, 0.15) is 11.6 Å². The lowest BCUT2D eigenvalue weighted by Gasteiger charge is -2.47. The number of rotatable bonds is 4. The molecule has 4 nitrogen and oxygen atoms in total. The number of nitriles is 1. The van der Waals surface area contributed by atoms with Crippen molar-refractivity contribution in [2.75, 3.05) is 16.8 Å². The number of anilines is 2. The number of nitrogens with one attached hydrogen (secondary N) is 1. The molecule has 1 heterocycles. The molecule has 1 amide bonds. The van der Waals surface area contributed by atoms with E-state index in [2.05, 4.69) is 56.1 Å². The van der Waals surface area contributed by atoms with Crippen LogP contribution in [-0.2, 0) is 4.79 Å². The molecule has 4 heteroatoms. The highest BCUT2D eigenvalue weighted by Crippen LogP contribution is 2.44. The molecule has 0 spiro atoms. The predicted molar refractivity (Wildman–Crippen MR) is 125 cm³/mol. The maximum atomic E-state index is 12.7. The van der Waals surface area contributed by atoms with Gasteiger partial charge in [-0.2, -0.15) is 5.26 Å². The van der Waals surface area contributed by atoms with Crippen LogP contribution in [0.15, 0.2) is 42.0 Å². The quantitative estimate of drug-likeness (QED) is 0.508. The normalized spacial score (nSPS) is 17.8. The average molecular weight is 402 g/mol. The Balaban J connectivity index is 1.97. The fraction of sp³-hybridized carbons (Fsp3) is 0.385. The summed E-state index contributed by atoms with van der Waals surface area (Å²) >= 11 is 0. The van der Waals surface area contributed by atoms with E-state index in [-0.39, 0.29) is 17.0 Å². The minimum Gasteiger partial charge on any atom is -0.366 e. The number of hydrogen-bond donors (Lipinski definition) is 1. The van der Waals surface area contributed by atoms with Crippen molar-refractivity contribution < 1.29 is 4.79 Å². The highest BCUT2D eigenvalue weighted by atomic mass is 16.1. The molecule has 1 N–H and O–H groups in total. The maximum absolute atomic E-state index is 12.7. The van der Waals surface area contributed by atoms with Crippen molar-refractivity contribution in [1.82, 2.24) is 0 Å². The Kier molecular flexibility index (Phi) is 6.03. The van der Waals surface area contributed by atoms with E-state index in [0.29, 0.717) is 11.6 Å². The Hall–Kier alpha value is -3.06. The van der Waals surface area contributed by atoms with Gasteiger partial charge in [-0.15, -0.1) is 0 Å². The first-order valence-electron chi connectivity index (χ1n) is 10.6. The second kappa shape index (κ2) is 8.36. The minimum atomic E-state index is -0.385. The van der Waals surface area contributed by atoms with E-state index in [9.17, 15) is 10.1 Å². The summed E-state index contributed by atoms with van der Waals surface area (Å²) < 4.78 is 0. The van der Waals surface area contributed by atoms with Gasteiger partial charge in [0.2, 0.25) is 0 Å².